The van der Waals surface area contributed by atoms with E-state index in [0.717, 1.165) is 50.4 Å². The number of fused-ring (bicyclic) bond motifs is 1. The van der Waals surface area contributed by atoms with Gasteiger partial charge in [0.15, 0.2) is 0 Å². The summed E-state index contributed by atoms with van der Waals surface area (Å²) in [6, 6.07) is 50.6. The third-order valence-electron chi connectivity index (χ3n) is 9.79. The number of benzene rings is 6. The van der Waals surface area contributed by atoms with Crippen LogP contribution in [0.2, 0.25) is 0 Å². The normalized spacial score (nSPS) is 12.3. The maximum Gasteiger partial charge on any atom is 0.259 e. The van der Waals surface area contributed by atoms with Gasteiger partial charge in [0.1, 0.15) is 17.1 Å². The van der Waals surface area contributed by atoms with E-state index >= 15 is 0 Å². The van der Waals surface area contributed by atoms with Gasteiger partial charge in [0.25, 0.3) is 8.53 Å². The van der Waals surface area contributed by atoms with Crippen LogP contribution in [0.5, 0.6) is 11.5 Å². The van der Waals surface area contributed by atoms with E-state index in [9.17, 15) is 5.26 Å². The molecule has 0 aliphatic carbocycles. The van der Waals surface area contributed by atoms with Crippen LogP contribution in [0.25, 0.3) is 21.9 Å². The Morgan fingerprint density at radius 1 is 0.625 bits per heavy atom. The standard InChI is InChI=1S/C48H51N2O5P/c1-35(2)50(36(3)4)56(54-29-13-28-49)55-34-38-30-37(31-40(32-38)47-19-12-15-39-14-10-11-18-46(39)47)33-53-48(41-16-8-7-9-17-41,42-20-24-44(51-5)25-21-42)43-22-26-45(52-6)27-23-43/h7-12,14-27,30-32,35-36H,13,29,33-34H2,1-6H3. The second-order valence-electron chi connectivity index (χ2n) is 14.2. The highest BCUT2D eigenvalue weighted by molar-refractivity contribution is 7.44. The fourth-order valence-electron chi connectivity index (χ4n) is 7.27. The van der Waals surface area contributed by atoms with Gasteiger partial charge in [0, 0.05) is 12.1 Å². The van der Waals surface area contributed by atoms with Crippen molar-refractivity contribution in [3.05, 3.63) is 167 Å². The van der Waals surface area contributed by atoms with Gasteiger partial charge in [-0.1, -0.05) is 103 Å². The Bertz CT molecular complexity index is 2140. The van der Waals surface area contributed by atoms with Crippen molar-refractivity contribution in [2.45, 2.75) is 65.0 Å². The van der Waals surface area contributed by atoms with E-state index in [2.05, 4.69) is 135 Å². The first-order chi connectivity index (χ1) is 27.3. The average molecular weight is 767 g/mol. The summed E-state index contributed by atoms with van der Waals surface area (Å²) in [5.74, 6) is 1.53. The van der Waals surface area contributed by atoms with Crippen LogP contribution >= 0.6 is 8.53 Å². The molecule has 8 heteroatoms. The molecule has 7 nitrogen and oxygen atoms in total. The molecule has 56 heavy (non-hydrogen) atoms. The monoisotopic (exact) mass is 766 g/mol. The summed E-state index contributed by atoms with van der Waals surface area (Å²) >= 11 is 0. The first kappa shape index (κ1) is 40.6. The lowest BCUT2D eigenvalue weighted by molar-refractivity contribution is 0.000162. The molecule has 0 amide bonds. The fourth-order valence-corrected chi connectivity index (χ4v) is 8.87. The number of rotatable bonds is 18. The van der Waals surface area contributed by atoms with Crippen molar-refractivity contribution in [1.29, 1.82) is 5.26 Å². The van der Waals surface area contributed by atoms with Crippen molar-refractivity contribution in [3.63, 3.8) is 0 Å². The van der Waals surface area contributed by atoms with Gasteiger partial charge in [-0.3, -0.25) is 0 Å². The van der Waals surface area contributed by atoms with E-state index in [1.165, 1.54) is 10.8 Å². The highest BCUT2D eigenvalue weighted by Crippen LogP contribution is 2.47. The molecule has 0 saturated heterocycles. The first-order valence-electron chi connectivity index (χ1n) is 19.1. The van der Waals surface area contributed by atoms with Crippen molar-refractivity contribution in [1.82, 2.24) is 4.67 Å². The van der Waals surface area contributed by atoms with Crippen molar-refractivity contribution in [2.75, 3.05) is 20.8 Å². The number of nitrogens with zero attached hydrogens (tertiary/aromatic N) is 2. The highest BCUT2D eigenvalue weighted by Gasteiger charge is 2.38. The predicted octanol–water partition coefficient (Wildman–Crippen LogP) is 11.8. The van der Waals surface area contributed by atoms with Gasteiger partial charge in [-0.2, -0.15) is 5.26 Å². The molecule has 1 unspecified atom stereocenters. The summed E-state index contributed by atoms with van der Waals surface area (Å²) in [5, 5.41) is 11.6. The molecule has 0 spiro atoms. The number of hydrogen-bond donors (Lipinski definition) is 0. The lowest BCUT2D eigenvalue weighted by atomic mass is 9.80. The highest BCUT2D eigenvalue weighted by atomic mass is 31.2. The molecule has 0 aliphatic rings. The Balaban J connectivity index is 1.46. The van der Waals surface area contributed by atoms with E-state index < -0.39 is 14.1 Å². The molecule has 6 rings (SSSR count). The summed E-state index contributed by atoms with van der Waals surface area (Å²) in [7, 11) is 1.92. The van der Waals surface area contributed by atoms with E-state index in [0.29, 0.717) is 19.6 Å². The van der Waals surface area contributed by atoms with Crippen LogP contribution in [0.1, 0.15) is 61.9 Å². The van der Waals surface area contributed by atoms with Gasteiger partial charge in [0.05, 0.1) is 46.5 Å². The van der Waals surface area contributed by atoms with E-state index in [1.807, 2.05) is 42.5 Å². The molecule has 0 heterocycles. The Hall–Kier alpha value is -5.06. The zero-order valence-corrected chi connectivity index (χ0v) is 34.0. The Morgan fingerprint density at radius 2 is 1.18 bits per heavy atom. The third kappa shape index (κ3) is 9.31. The molecule has 0 N–H and O–H groups in total. The zero-order chi connectivity index (χ0) is 39.5. The average Bonchev–Trinajstić information content (AvgIpc) is 3.23. The lowest BCUT2D eigenvalue weighted by Crippen LogP contribution is -2.33. The lowest BCUT2D eigenvalue weighted by Gasteiger charge is -2.36. The third-order valence-corrected chi connectivity index (χ3v) is 11.8. The quantitative estimate of drug-likeness (QED) is 0.0490. The summed E-state index contributed by atoms with van der Waals surface area (Å²) in [6.45, 7) is 9.50. The molecular weight excluding hydrogens is 716 g/mol. The van der Waals surface area contributed by atoms with Crippen molar-refractivity contribution in [2.24, 2.45) is 0 Å². The smallest absolute Gasteiger partial charge is 0.259 e. The molecule has 0 saturated carbocycles. The number of methoxy groups -OCH3 is 2. The van der Waals surface area contributed by atoms with E-state index in [1.54, 1.807) is 14.2 Å². The van der Waals surface area contributed by atoms with E-state index in [-0.39, 0.29) is 18.7 Å². The summed E-state index contributed by atoms with van der Waals surface area (Å²) in [6.07, 6.45) is 0.301. The second kappa shape index (κ2) is 19.2. The van der Waals surface area contributed by atoms with Crippen molar-refractivity contribution >= 4 is 19.3 Å². The van der Waals surface area contributed by atoms with Gasteiger partial charge >= 0.3 is 0 Å². The summed E-state index contributed by atoms with van der Waals surface area (Å²) < 4.78 is 33.7. The van der Waals surface area contributed by atoms with Crippen LogP contribution in [-0.4, -0.2) is 37.6 Å². The number of ether oxygens (including phenoxy) is 3. The Labute approximate surface area is 333 Å². The minimum absolute atomic E-state index is 0.191. The number of nitriles is 1. The van der Waals surface area contributed by atoms with Gasteiger partial charge in [0.2, 0.25) is 0 Å². The van der Waals surface area contributed by atoms with Crippen LogP contribution in [0.4, 0.5) is 0 Å². The van der Waals surface area contributed by atoms with Crippen molar-refractivity contribution in [3.8, 4) is 28.7 Å². The maximum atomic E-state index is 9.26. The first-order valence-corrected chi connectivity index (χ1v) is 20.2. The van der Waals surface area contributed by atoms with Crippen LogP contribution in [0.3, 0.4) is 0 Å². The van der Waals surface area contributed by atoms with Gasteiger partial charge in [-0.15, -0.1) is 0 Å². The molecule has 288 valence electrons. The van der Waals surface area contributed by atoms with Gasteiger partial charge in [-0.05, 0) is 114 Å². The zero-order valence-electron chi connectivity index (χ0n) is 33.1. The van der Waals surface area contributed by atoms with Gasteiger partial charge in [-0.25, -0.2) is 4.67 Å². The Kier molecular flexibility index (Phi) is 13.9. The van der Waals surface area contributed by atoms with Crippen LogP contribution in [0.15, 0.2) is 140 Å². The summed E-state index contributed by atoms with van der Waals surface area (Å²) in [5.41, 5.74) is 6.13. The molecular formula is C48H51N2O5P. The molecule has 6 aromatic rings. The SMILES string of the molecule is COc1ccc(C(OCc2cc(COP(OCCC#N)N(C(C)C)C(C)C)cc(-c3cccc4ccccc34)c2)(c2ccccc2)c2ccc(OC)cc2)cc1. The van der Waals surface area contributed by atoms with E-state index in [4.69, 9.17) is 23.3 Å². The largest absolute Gasteiger partial charge is 0.497 e. The maximum absolute atomic E-state index is 9.26. The molecule has 0 aromatic heterocycles. The molecule has 0 radical (unpaired) electrons. The molecule has 6 aromatic carbocycles. The minimum atomic E-state index is -1.44. The van der Waals surface area contributed by atoms with Gasteiger partial charge < -0.3 is 23.3 Å². The van der Waals surface area contributed by atoms with Crippen LogP contribution in [0, 0.1) is 11.3 Å². The molecule has 0 aliphatic heterocycles. The molecule has 0 fully saturated rings. The molecule has 1 atom stereocenters. The summed E-state index contributed by atoms with van der Waals surface area (Å²) in [4.78, 5) is 0. The molecule has 0 bridgehead atoms. The van der Waals surface area contributed by atoms with Crippen molar-refractivity contribution < 1.29 is 23.3 Å². The fraction of sp³-hybridized carbons (Fsp3) is 0.271. The van der Waals surface area contributed by atoms with Crippen LogP contribution in [-0.2, 0) is 32.6 Å². The topological polar surface area (TPSA) is 73.2 Å². The van der Waals surface area contributed by atoms with Crippen LogP contribution < -0.4 is 9.47 Å². The second-order valence-corrected chi connectivity index (χ2v) is 15.6. The Morgan fingerprint density at radius 3 is 1.77 bits per heavy atom. The predicted molar refractivity (Wildman–Crippen MR) is 226 cm³/mol. The number of hydrogen-bond acceptors (Lipinski definition) is 7. The minimum Gasteiger partial charge on any atom is -0.497 e.